The molecule has 104 valence electrons. The Morgan fingerprint density at radius 3 is 2.63 bits per heavy atom. The summed E-state index contributed by atoms with van der Waals surface area (Å²) in [5.41, 5.74) is 0.822. The molecule has 1 aliphatic rings. The van der Waals surface area contributed by atoms with Gasteiger partial charge in [-0.2, -0.15) is 0 Å². The second kappa shape index (κ2) is 7.06. The van der Waals surface area contributed by atoms with Crippen molar-refractivity contribution >= 4 is 24.0 Å². The van der Waals surface area contributed by atoms with Gasteiger partial charge in [0.1, 0.15) is 0 Å². The molecule has 1 amide bonds. The standard InChI is InChI=1S/C12H15N3O3.ClH/c16-12(14-10-5-6-13-8-10)7-9-1-3-11(4-2-9)15(17)18;/h1-4,10,13H,5-8H2,(H,14,16);1H. The quantitative estimate of drug-likeness (QED) is 0.639. The van der Waals surface area contributed by atoms with Gasteiger partial charge in [0.05, 0.1) is 11.3 Å². The van der Waals surface area contributed by atoms with Gasteiger partial charge in [0.15, 0.2) is 0 Å². The maximum atomic E-state index is 11.7. The summed E-state index contributed by atoms with van der Waals surface area (Å²) in [6.45, 7) is 1.74. The van der Waals surface area contributed by atoms with E-state index in [1.54, 1.807) is 12.1 Å². The molecule has 0 aromatic heterocycles. The summed E-state index contributed by atoms with van der Waals surface area (Å²) in [7, 11) is 0. The summed E-state index contributed by atoms with van der Waals surface area (Å²) < 4.78 is 0. The summed E-state index contributed by atoms with van der Waals surface area (Å²) >= 11 is 0. The largest absolute Gasteiger partial charge is 0.352 e. The molecule has 1 saturated heterocycles. The van der Waals surface area contributed by atoms with E-state index in [1.807, 2.05) is 0 Å². The highest BCUT2D eigenvalue weighted by molar-refractivity contribution is 5.85. The molecule has 1 heterocycles. The van der Waals surface area contributed by atoms with E-state index in [4.69, 9.17) is 0 Å². The fraction of sp³-hybridized carbons (Fsp3) is 0.417. The van der Waals surface area contributed by atoms with E-state index in [2.05, 4.69) is 10.6 Å². The molecule has 1 aromatic carbocycles. The van der Waals surface area contributed by atoms with Crippen LogP contribution in [0.5, 0.6) is 0 Å². The maximum Gasteiger partial charge on any atom is 0.269 e. The zero-order valence-electron chi connectivity index (χ0n) is 10.3. The SMILES string of the molecule is Cl.O=C(Cc1ccc([N+](=O)[O-])cc1)NC1CCNC1. The predicted molar refractivity (Wildman–Crippen MR) is 73.5 cm³/mol. The summed E-state index contributed by atoms with van der Waals surface area (Å²) in [6.07, 6.45) is 1.21. The first-order valence-corrected chi connectivity index (χ1v) is 5.88. The molecule has 19 heavy (non-hydrogen) atoms. The van der Waals surface area contributed by atoms with E-state index in [0.29, 0.717) is 0 Å². The Balaban J connectivity index is 0.00000180. The van der Waals surface area contributed by atoms with Crippen LogP contribution in [0.25, 0.3) is 0 Å². The molecular formula is C12H16ClN3O3. The van der Waals surface area contributed by atoms with Crippen molar-refractivity contribution in [2.45, 2.75) is 18.9 Å². The summed E-state index contributed by atoms with van der Waals surface area (Å²) in [5.74, 6) is -0.0439. The van der Waals surface area contributed by atoms with Crippen LogP contribution in [0.15, 0.2) is 24.3 Å². The van der Waals surface area contributed by atoms with E-state index >= 15 is 0 Å². The van der Waals surface area contributed by atoms with Gasteiger partial charge in [-0.3, -0.25) is 14.9 Å². The van der Waals surface area contributed by atoms with Gasteiger partial charge in [-0.1, -0.05) is 12.1 Å². The Hall–Kier alpha value is -1.66. The van der Waals surface area contributed by atoms with Crippen molar-refractivity contribution in [2.75, 3.05) is 13.1 Å². The van der Waals surface area contributed by atoms with Crippen LogP contribution in [0.4, 0.5) is 5.69 Å². The first-order valence-electron chi connectivity index (χ1n) is 5.88. The van der Waals surface area contributed by atoms with Crippen molar-refractivity contribution in [3.05, 3.63) is 39.9 Å². The zero-order valence-corrected chi connectivity index (χ0v) is 11.1. The highest BCUT2D eigenvalue weighted by atomic mass is 35.5. The Morgan fingerprint density at radius 1 is 1.42 bits per heavy atom. The molecule has 0 bridgehead atoms. The minimum atomic E-state index is -0.450. The van der Waals surface area contributed by atoms with E-state index in [9.17, 15) is 14.9 Å². The molecule has 7 heteroatoms. The first kappa shape index (κ1) is 15.4. The van der Waals surface area contributed by atoms with Crippen LogP contribution in [0.2, 0.25) is 0 Å². The number of non-ortho nitro benzene ring substituents is 1. The van der Waals surface area contributed by atoms with Crippen molar-refractivity contribution in [3.63, 3.8) is 0 Å². The molecule has 6 nitrogen and oxygen atoms in total. The molecule has 0 spiro atoms. The second-order valence-electron chi connectivity index (χ2n) is 4.36. The van der Waals surface area contributed by atoms with Gasteiger partial charge in [-0.25, -0.2) is 0 Å². The van der Waals surface area contributed by atoms with Crippen LogP contribution in [-0.4, -0.2) is 30.0 Å². The molecule has 0 radical (unpaired) electrons. The summed E-state index contributed by atoms with van der Waals surface area (Å²) in [6, 6.07) is 6.27. The zero-order chi connectivity index (χ0) is 13.0. The lowest BCUT2D eigenvalue weighted by molar-refractivity contribution is -0.384. The first-order chi connectivity index (χ1) is 8.65. The number of nitrogens with zero attached hydrogens (tertiary/aromatic N) is 1. The molecular weight excluding hydrogens is 270 g/mol. The molecule has 2 rings (SSSR count). The lowest BCUT2D eigenvalue weighted by atomic mass is 10.1. The smallest absolute Gasteiger partial charge is 0.269 e. The summed E-state index contributed by atoms with van der Waals surface area (Å²) in [5, 5.41) is 16.6. The van der Waals surface area contributed by atoms with Crippen LogP contribution < -0.4 is 10.6 Å². The van der Waals surface area contributed by atoms with Crippen LogP contribution in [0.3, 0.4) is 0 Å². The number of nitro groups is 1. The van der Waals surface area contributed by atoms with Crippen LogP contribution in [0, 0.1) is 10.1 Å². The van der Waals surface area contributed by atoms with Gasteiger partial charge in [-0.05, 0) is 18.5 Å². The summed E-state index contributed by atoms with van der Waals surface area (Å²) in [4.78, 5) is 21.7. The van der Waals surface area contributed by atoms with Gasteiger partial charge in [0.25, 0.3) is 5.69 Å². The molecule has 1 aliphatic heterocycles. The number of hydrogen-bond donors (Lipinski definition) is 2. The molecule has 1 atom stereocenters. The molecule has 0 aliphatic carbocycles. The minimum Gasteiger partial charge on any atom is -0.352 e. The second-order valence-corrected chi connectivity index (χ2v) is 4.36. The van der Waals surface area contributed by atoms with Crippen LogP contribution in [0.1, 0.15) is 12.0 Å². The molecule has 1 unspecified atom stereocenters. The normalized spacial score (nSPS) is 17.6. The van der Waals surface area contributed by atoms with Crippen molar-refractivity contribution in [3.8, 4) is 0 Å². The lowest BCUT2D eigenvalue weighted by Crippen LogP contribution is -2.37. The number of benzene rings is 1. The van der Waals surface area contributed by atoms with Crippen molar-refractivity contribution in [2.24, 2.45) is 0 Å². The van der Waals surface area contributed by atoms with Crippen molar-refractivity contribution < 1.29 is 9.72 Å². The fourth-order valence-corrected chi connectivity index (χ4v) is 1.98. The average Bonchev–Trinajstić information content (AvgIpc) is 2.82. The number of carbonyl (C=O) groups is 1. The number of halogens is 1. The monoisotopic (exact) mass is 285 g/mol. The van der Waals surface area contributed by atoms with Crippen molar-refractivity contribution in [1.29, 1.82) is 0 Å². The molecule has 2 N–H and O–H groups in total. The Kier molecular flexibility index (Phi) is 5.72. The van der Waals surface area contributed by atoms with Gasteiger partial charge >= 0.3 is 0 Å². The third-order valence-corrected chi connectivity index (χ3v) is 2.94. The molecule has 1 fully saturated rings. The van der Waals surface area contributed by atoms with Crippen LogP contribution in [-0.2, 0) is 11.2 Å². The van der Waals surface area contributed by atoms with Gasteiger partial charge in [0.2, 0.25) is 5.91 Å². The number of nitrogens with one attached hydrogen (secondary N) is 2. The number of nitro benzene ring substituents is 1. The molecule has 1 aromatic rings. The number of hydrogen-bond acceptors (Lipinski definition) is 4. The number of rotatable bonds is 4. The highest BCUT2D eigenvalue weighted by Gasteiger charge is 2.16. The third-order valence-electron chi connectivity index (χ3n) is 2.94. The topological polar surface area (TPSA) is 84.3 Å². The Labute approximate surface area is 117 Å². The molecule has 0 saturated carbocycles. The van der Waals surface area contributed by atoms with E-state index < -0.39 is 4.92 Å². The predicted octanol–water partition coefficient (Wildman–Crippen LogP) is 1.04. The van der Waals surface area contributed by atoms with E-state index in [0.717, 1.165) is 25.1 Å². The fourth-order valence-electron chi connectivity index (χ4n) is 1.98. The van der Waals surface area contributed by atoms with Gasteiger partial charge < -0.3 is 10.6 Å². The Bertz CT molecular complexity index is 444. The van der Waals surface area contributed by atoms with E-state index in [-0.39, 0.29) is 36.5 Å². The lowest BCUT2D eigenvalue weighted by Gasteiger charge is -2.10. The van der Waals surface area contributed by atoms with Gasteiger partial charge in [0, 0.05) is 24.7 Å². The van der Waals surface area contributed by atoms with Crippen molar-refractivity contribution in [1.82, 2.24) is 10.6 Å². The number of amides is 1. The van der Waals surface area contributed by atoms with E-state index in [1.165, 1.54) is 12.1 Å². The maximum absolute atomic E-state index is 11.7. The minimum absolute atomic E-state index is 0. The third kappa shape index (κ3) is 4.50. The highest BCUT2D eigenvalue weighted by Crippen LogP contribution is 2.12. The van der Waals surface area contributed by atoms with Gasteiger partial charge in [-0.15, -0.1) is 12.4 Å². The average molecular weight is 286 g/mol. The van der Waals surface area contributed by atoms with Crippen LogP contribution >= 0.6 is 12.4 Å². The number of carbonyl (C=O) groups excluding carboxylic acids is 1. The Morgan fingerprint density at radius 2 is 2.11 bits per heavy atom.